The van der Waals surface area contributed by atoms with Crippen LogP contribution in [0.4, 0.5) is 0 Å². The summed E-state index contributed by atoms with van der Waals surface area (Å²) in [6, 6.07) is 7.72. The van der Waals surface area contributed by atoms with E-state index in [1.165, 1.54) is 6.20 Å². The Morgan fingerprint density at radius 1 is 1.47 bits per heavy atom. The van der Waals surface area contributed by atoms with Gasteiger partial charge >= 0.3 is 0 Å². The summed E-state index contributed by atoms with van der Waals surface area (Å²) in [6.45, 7) is 0. The van der Waals surface area contributed by atoms with Gasteiger partial charge in [0.1, 0.15) is 7.85 Å². The molecule has 1 heterocycles. The number of nitrogens with two attached hydrogens (primary N) is 1. The number of fused-ring (bicyclic) bond motifs is 1. The smallest absolute Gasteiger partial charge is 0.114 e. The van der Waals surface area contributed by atoms with Crippen LogP contribution in [-0.2, 0) is 0 Å². The van der Waals surface area contributed by atoms with Gasteiger partial charge in [0.25, 0.3) is 0 Å². The average molecular weight is 221 g/mol. The van der Waals surface area contributed by atoms with Crippen molar-refractivity contribution in [3.05, 3.63) is 42.4 Å². The molecule has 4 heteroatoms. The summed E-state index contributed by atoms with van der Waals surface area (Å²) in [5.74, 6) is 0. The van der Waals surface area contributed by atoms with Gasteiger partial charge in [0, 0.05) is 31.2 Å². The lowest BCUT2D eigenvalue weighted by Gasteiger charge is -2.05. The Labute approximate surface area is 101 Å². The van der Waals surface area contributed by atoms with Gasteiger partial charge in [-0.25, -0.2) is 0 Å². The molecule has 0 saturated heterocycles. The standard InChI is InChI=1S/C13H12BN3/c1-16-7-10(6-15)13-5-9-3-2-4-12(14)11(9)8-17-13/h2-8H,15H2,1H3/b10-6+,16-7?. The van der Waals surface area contributed by atoms with Crippen LogP contribution in [0.1, 0.15) is 5.69 Å². The monoisotopic (exact) mass is 221 g/mol. The molecule has 17 heavy (non-hydrogen) atoms. The molecule has 0 aliphatic heterocycles. The molecule has 0 bridgehead atoms. The topological polar surface area (TPSA) is 51.3 Å². The maximum Gasteiger partial charge on any atom is 0.114 e. The average Bonchev–Trinajstić information content (AvgIpc) is 2.36. The highest BCUT2D eigenvalue weighted by Gasteiger charge is 2.02. The predicted molar refractivity (Wildman–Crippen MR) is 73.7 cm³/mol. The van der Waals surface area contributed by atoms with Crippen molar-refractivity contribution in [2.45, 2.75) is 0 Å². The summed E-state index contributed by atoms with van der Waals surface area (Å²) >= 11 is 0. The van der Waals surface area contributed by atoms with Gasteiger partial charge in [0.15, 0.2) is 0 Å². The minimum atomic E-state index is 0.726. The van der Waals surface area contributed by atoms with Crippen molar-refractivity contribution in [3.8, 4) is 0 Å². The largest absolute Gasteiger partial charge is 0.404 e. The molecule has 0 atom stereocenters. The first kappa shape index (κ1) is 11.4. The molecule has 2 radical (unpaired) electrons. The van der Waals surface area contributed by atoms with Gasteiger partial charge < -0.3 is 5.73 Å². The fourth-order valence-electron chi connectivity index (χ4n) is 1.69. The van der Waals surface area contributed by atoms with Crippen LogP contribution < -0.4 is 11.2 Å². The van der Waals surface area contributed by atoms with Crippen molar-refractivity contribution in [1.29, 1.82) is 0 Å². The molecular weight excluding hydrogens is 209 g/mol. The van der Waals surface area contributed by atoms with Crippen molar-refractivity contribution in [2.75, 3.05) is 7.05 Å². The van der Waals surface area contributed by atoms with Crippen LogP contribution >= 0.6 is 0 Å². The van der Waals surface area contributed by atoms with E-state index in [2.05, 4.69) is 9.98 Å². The van der Waals surface area contributed by atoms with Crippen LogP contribution in [0.25, 0.3) is 16.3 Å². The second-order valence-corrected chi connectivity index (χ2v) is 3.65. The molecule has 1 aromatic carbocycles. The molecule has 3 nitrogen and oxygen atoms in total. The van der Waals surface area contributed by atoms with Gasteiger partial charge in [-0.2, -0.15) is 0 Å². The van der Waals surface area contributed by atoms with Gasteiger partial charge in [-0.15, -0.1) is 0 Å². The van der Waals surface area contributed by atoms with Gasteiger partial charge in [0.05, 0.1) is 5.69 Å². The summed E-state index contributed by atoms with van der Waals surface area (Å²) in [5.41, 5.74) is 7.85. The summed E-state index contributed by atoms with van der Waals surface area (Å²) in [4.78, 5) is 8.28. The van der Waals surface area contributed by atoms with E-state index >= 15 is 0 Å². The fourth-order valence-corrected chi connectivity index (χ4v) is 1.69. The first-order valence-corrected chi connectivity index (χ1v) is 5.25. The molecule has 2 rings (SSSR count). The summed E-state index contributed by atoms with van der Waals surface area (Å²) < 4.78 is 0. The number of hydrogen-bond acceptors (Lipinski definition) is 3. The maximum absolute atomic E-state index is 5.87. The quantitative estimate of drug-likeness (QED) is 0.608. The molecule has 0 unspecified atom stereocenters. The van der Waals surface area contributed by atoms with Crippen molar-refractivity contribution in [1.82, 2.24) is 4.98 Å². The Kier molecular flexibility index (Phi) is 3.23. The van der Waals surface area contributed by atoms with Gasteiger partial charge in [-0.05, 0) is 16.8 Å². The Balaban J connectivity index is 2.59. The minimum absolute atomic E-state index is 0.726. The van der Waals surface area contributed by atoms with Crippen molar-refractivity contribution >= 4 is 35.9 Å². The molecule has 0 saturated carbocycles. The second-order valence-electron chi connectivity index (χ2n) is 3.65. The van der Waals surface area contributed by atoms with Crippen molar-refractivity contribution in [3.63, 3.8) is 0 Å². The van der Waals surface area contributed by atoms with Gasteiger partial charge in [-0.3, -0.25) is 9.98 Å². The van der Waals surface area contributed by atoms with Crippen molar-refractivity contribution < 1.29 is 0 Å². The van der Waals surface area contributed by atoms with E-state index in [9.17, 15) is 0 Å². The Morgan fingerprint density at radius 3 is 3.00 bits per heavy atom. The zero-order valence-electron chi connectivity index (χ0n) is 9.59. The number of rotatable bonds is 2. The number of pyridine rings is 1. The van der Waals surface area contributed by atoms with E-state index in [-0.39, 0.29) is 0 Å². The molecule has 0 aliphatic carbocycles. The number of hydrogen-bond donors (Lipinski definition) is 1. The third-order valence-electron chi connectivity index (χ3n) is 2.54. The highest BCUT2D eigenvalue weighted by Crippen LogP contribution is 2.15. The third kappa shape index (κ3) is 2.20. The molecule has 0 fully saturated rings. The zero-order chi connectivity index (χ0) is 12.3. The zero-order valence-corrected chi connectivity index (χ0v) is 9.59. The van der Waals surface area contributed by atoms with Gasteiger partial charge in [-0.1, -0.05) is 23.7 Å². The molecule has 2 aromatic rings. The SMILES string of the molecule is [B]c1cccc2cc(/C(C=NC)=C/N)ncc12. The lowest BCUT2D eigenvalue weighted by molar-refractivity contribution is 1.31. The Morgan fingerprint density at radius 2 is 2.29 bits per heavy atom. The Bertz CT molecular complexity index is 603. The van der Waals surface area contributed by atoms with E-state index < -0.39 is 0 Å². The van der Waals surface area contributed by atoms with Crippen LogP contribution in [0.2, 0.25) is 0 Å². The maximum atomic E-state index is 5.87. The number of nitrogens with zero attached hydrogens (tertiary/aromatic N) is 2. The first-order chi connectivity index (χ1) is 8.26. The second kappa shape index (κ2) is 4.83. The van der Waals surface area contributed by atoms with Crippen LogP contribution in [0.5, 0.6) is 0 Å². The molecule has 0 aliphatic rings. The molecule has 1 aromatic heterocycles. The highest BCUT2D eigenvalue weighted by molar-refractivity contribution is 6.38. The molecule has 82 valence electrons. The molecule has 0 spiro atoms. The lowest BCUT2D eigenvalue weighted by atomic mass is 9.91. The third-order valence-corrected chi connectivity index (χ3v) is 2.54. The summed E-state index contributed by atoms with van der Waals surface area (Å²) in [6.07, 6.45) is 4.93. The van der Waals surface area contributed by atoms with E-state index in [1.54, 1.807) is 19.5 Å². The molecule has 0 amide bonds. The van der Waals surface area contributed by atoms with E-state index in [0.29, 0.717) is 0 Å². The Hall–Kier alpha value is -2.10. The first-order valence-electron chi connectivity index (χ1n) is 5.25. The molecular formula is C13H12BN3. The molecule has 2 N–H and O–H groups in total. The van der Waals surface area contributed by atoms with E-state index in [4.69, 9.17) is 13.6 Å². The van der Waals surface area contributed by atoms with Gasteiger partial charge in [0.2, 0.25) is 0 Å². The normalized spacial score (nSPS) is 12.4. The predicted octanol–water partition coefficient (Wildman–Crippen LogP) is 1.03. The number of aliphatic imine (C=N–C) groups is 1. The van der Waals surface area contributed by atoms with E-state index in [0.717, 1.165) is 27.5 Å². The highest BCUT2D eigenvalue weighted by atomic mass is 14.7. The van der Waals surface area contributed by atoms with Crippen LogP contribution in [0.3, 0.4) is 0 Å². The van der Waals surface area contributed by atoms with Crippen LogP contribution in [-0.4, -0.2) is 26.1 Å². The summed E-state index contributed by atoms with van der Waals surface area (Å²) in [5, 5.41) is 1.99. The van der Waals surface area contributed by atoms with E-state index in [1.807, 2.05) is 24.3 Å². The van der Waals surface area contributed by atoms with Crippen molar-refractivity contribution in [2.24, 2.45) is 10.7 Å². The lowest BCUT2D eigenvalue weighted by Crippen LogP contribution is -2.04. The number of allylic oxidation sites excluding steroid dienone is 1. The number of benzene rings is 1. The summed E-state index contributed by atoms with van der Waals surface area (Å²) in [7, 11) is 7.56. The fraction of sp³-hybridized carbons (Fsp3) is 0.0769. The minimum Gasteiger partial charge on any atom is -0.404 e. The van der Waals surface area contributed by atoms with Crippen LogP contribution in [0, 0.1) is 0 Å². The number of aromatic nitrogens is 1. The van der Waals surface area contributed by atoms with Crippen LogP contribution in [0.15, 0.2) is 41.7 Å².